The number of hydrogen-bond donors (Lipinski definition) is 16. The number of aliphatic hydroxyl groups excluding tert-OH is 3. The second-order valence-electron chi connectivity index (χ2n) is 17.4. The Kier molecular flexibility index (Phi) is 25.9. The van der Waals surface area contributed by atoms with Crippen molar-refractivity contribution in [2.75, 3.05) is 39.3 Å². The van der Waals surface area contributed by atoms with E-state index < -0.39 is 151 Å². The third-order valence-corrected chi connectivity index (χ3v) is 11.1. The molecule has 0 radical (unpaired) electrons. The molecule has 1 saturated heterocycles. The summed E-state index contributed by atoms with van der Waals surface area (Å²) in [6.45, 7) is 4.83. The van der Waals surface area contributed by atoms with E-state index in [-0.39, 0.29) is 51.9 Å². The average molecular weight is 992 g/mol. The van der Waals surface area contributed by atoms with Crippen LogP contribution in [0.4, 0.5) is 0 Å². The normalized spacial score (nSPS) is 24.7. The summed E-state index contributed by atoms with van der Waals surface area (Å²) in [6.07, 6.45) is -4.12. The van der Waals surface area contributed by atoms with Gasteiger partial charge in [-0.25, -0.2) is 0 Å². The van der Waals surface area contributed by atoms with Gasteiger partial charge in [0.05, 0.1) is 18.8 Å². The Hall–Kier alpha value is -6.32. The molecule has 0 aromatic heterocycles. The first-order chi connectivity index (χ1) is 33.1. The summed E-state index contributed by atoms with van der Waals surface area (Å²) in [7, 11) is 0. The predicted octanol–water partition coefficient (Wildman–Crippen LogP) is -7.16. The number of carbonyl (C=O) groups is 10. The van der Waals surface area contributed by atoms with Crippen LogP contribution in [0.25, 0.3) is 0 Å². The van der Waals surface area contributed by atoms with Crippen molar-refractivity contribution in [1.29, 1.82) is 0 Å². The average Bonchev–Trinajstić information content (AvgIpc) is 3.30. The number of carbonyl (C=O) groups excluding carboxylic acids is 10. The molecule has 70 heavy (non-hydrogen) atoms. The fraction of sp³-hybridized carbons (Fsp3) is 0.636. The predicted molar refractivity (Wildman–Crippen MR) is 252 cm³/mol. The second-order valence-corrected chi connectivity index (χ2v) is 17.4. The highest BCUT2D eigenvalue weighted by atomic mass is 16.3. The summed E-state index contributed by atoms with van der Waals surface area (Å²) < 4.78 is 0. The van der Waals surface area contributed by atoms with Crippen molar-refractivity contribution >= 4 is 59.1 Å². The molecule has 0 unspecified atom stereocenters. The quantitative estimate of drug-likeness (QED) is 0.0732. The highest BCUT2D eigenvalue weighted by Crippen LogP contribution is 2.10. The van der Waals surface area contributed by atoms with Crippen LogP contribution in [0.15, 0.2) is 30.3 Å². The second kappa shape index (κ2) is 30.3. The number of benzene rings is 1. The van der Waals surface area contributed by atoms with E-state index in [2.05, 4.69) is 53.2 Å². The summed E-state index contributed by atoms with van der Waals surface area (Å²) in [5.41, 5.74) is 18.2. The summed E-state index contributed by atoms with van der Waals surface area (Å²) in [5, 5.41) is 55.6. The molecule has 26 heteroatoms. The van der Waals surface area contributed by atoms with E-state index in [1.54, 1.807) is 44.2 Å². The number of nitrogens with two attached hydrogens (primary N) is 3. The lowest BCUT2D eigenvalue weighted by atomic mass is 9.99. The van der Waals surface area contributed by atoms with E-state index in [0.717, 1.165) is 6.92 Å². The zero-order valence-corrected chi connectivity index (χ0v) is 40.2. The van der Waals surface area contributed by atoms with Crippen LogP contribution in [0, 0.1) is 11.8 Å². The van der Waals surface area contributed by atoms with Crippen molar-refractivity contribution in [1.82, 2.24) is 53.2 Å². The third kappa shape index (κ3) is 20.0. The summed E-state index contributed by atoms with van der Waals surface area (Å²) in [4.78, 5) is 135. The Balaban J connectivity index is 2.67. The Morgan fingerprint density at radius 2 is 1.26 bits per heavy atom. The van der Waals surface area contributed by atoms with Gasteiger partial charge < -0.3 is 85.7 Å². The van der Waals surface area contributed by atoms with Crippen LogP contribution in [-0.4, -0.2) is 174 Å². The minimum absolute atomic E-state index is 0.0798. The highest BCUT2D eigenvalue weighted by molar-refractivity contribution is 5.97. The largest absolute Gasteiger partial charge is 0.394 e. The van der Waals surface area contributed by atoms with Crippen LogP contribution in [0.1, 0.15) is 65.9 Å². The molecule has 0 spiro atoms. The Morgan fingerprint density at radius 1 is 0.700 bits per heavy atom. The number of amides is 10. The van der Waals surface area contributed by atoms with Crippen LogP contribution >= 0.6 is 0 Å². The molecule has 1 aliphatic rings. The number of hydrogen-bond acceptors (Lipinski definition) is 16. The lowest BCUT2D eigenvalue weighted by molar-refractivity contribution is -0.136. The molecular weight excluding hydrogens is 919 g/mol. The first-order valence-electron chi connectivity index (χ1n) is 23.1. The zero-order valence-electron chi connectivity index (χ0n) is 40.2. The van der Waals surface area contributed by atoms with Gasteiger partial charge in [-0.05, 0) is 70.1 Å². The minimum Gasteiger partial charge on any atom is -0.394 e. The molecule has 1 fully saturated rings. The van der Waals surface area contributed by atoms with Gasteiger partial charge in [-0.1, -0.05) is 44.2 Å². The number of aliphatic hydroxyl groups is 3. The molecule has 1 aromatic rings. The molecule has 392 valence electrons. The molecule has 0 saturated carbocycles. The van der Waals surface area contributed by atoms with Crippen LogP contribution < -0.4 is 70.4 Å². The lowest BCUT2D eigenvalue weighted by Crippen LogP contribution is -2.61. The molecule has 1 heterocycles. The van der Waals surface area contributed by atoms with Gasteiger partial charge in [0, 0.05) is 32.9 Å². The molecule has 10 amide bonds. The lowest BCUT2D eigenvalue weighted by Gasteiger charge is -2.28. The maximum Gasteiger partial charge on any atom is 0.245 e. The van der Waals surface area contributed by atoms with Crippen molar-refractivity contribution in [2.45, 2.75) is 127 Å². The van der Waals surface area contributed by atoms with Gasteiger partial charge in [-0.15, -0.1) is 0 Å². The van der Waals surface area contributed by atoms with Crippen LogP contribution in [0.3, 0.4) is 0 Å². The Morgan fingerprint density at radius 3 is 1.80 bits per heavy atom. The molecule has 1 aromatic carbocycles. The first-order valence-corrected chi connectivity index (χ1v) is 23.1. The molecule has 26 nitrogen and oxygen atoms in total. The van der Waals surface area contributed by atoms with E-state index in [9.17, 15) is 63.3 Å². The van der Waals surface area contributed by atoms with E-state index in [1.807, 2.05) is 0 Å². The van der Waals surface area contributed by atoms with Crippen molar-refractivity contribution in [3.63, 3.8) is 0 Å². The molecule has 2 rings (SSSR count). The maximum atomic E-state index is 14.2. The monoisotopic (exact) mass is 992 g/mol. The van der Waals surface area contributed by atoms with E-state index in [0.29, 0.717) is 5.56 Å². The molecule has 19 N–H and O–H groups in total. The zero-order chi connectivity index (χ0) is 52.7. The van der Waals surface area contributed by atoms with Gasteiger partial charge in [0.25, 0.3) is 0 Å². The fourth-order valence-corrected chi connectivity index (χ4v) is 7.10. The third-order valence-electron chi connectivity index (χ3n) is 11.1. The van der Waals surface area contributed by atoms with Gasteiger partial charge in [0.1, 0.15) is 48.3 Å². The van der Waals surface area contributed by atoms with Gasteiger partial charge in [-0.2, -0.15) is 0 Å². The van der Waals surface area contributed by atoms with Crippen LogP contribution in [0.2, 0.25) is 0 Å². The van der Waals surface area contributed by atoms with Crippen molar-refractivity contribution in [3.05, 3.63) is 35.9 Å². The van der Waals surface area contributed by atoms with Crippen molar-refractivity contribution in [2.24, 2.45) is 29.0 Å². The summed E-state index contributed by atoms with van der Waals surface area (Å²) in [5.74, 6) is -10.0. The fourth-order valence-electron chi connectivity index (χ4n) is 7.10. The van der Waals surface area contributed by atoms with Crippen LogP contribution in [-0.2, 0) is 54.4 Å². The topological polar surface area (TPSA) is 430 Å². The van der Waals surface area contributed by atoms with Gasteiger partial charge in [0.2, 0.25) is 59.1 Å². The molecule has 0 bridgehead atoms. The van der Waals surface area contributed by atoms with Gasteiger partial charge >= 0.3 is 0 Å². The molecule has 1 aliphatic heterocycles. The number of nitrogens with one attached hydrogen (secondary N) is 10. The minimum atomic E-state index is -1.79. The van der Waals surface area contributed by atoms with Crippen molar-refractivity contribution < 1.29 is 63.3 Å². The molecular formula is C44H73N13O13. The van der Waals surface area contributed by atoms with E-state index in [4.69, 9.17) is 17.2 Å². The number of rotatable bonds is 16. The maximum absolute atomic E-state index is 14.2. The summed E-state index contributed by atoms with van der Waals surface area (Å²) in [6, 6.07) is -3.39. The first kappa shape index (κ1) is 59.8. The Bertz CT molecular complexity index is 1940. The highest BCUT2D eigenvalue weighted by Gasteiger charge is 2.36. The van der Waals surface area contributed by atoms with Gasteiger partial charge in [0.15, 0.2) is 0 Å². The summed E-state index contributed by atoms with van der Waals surface area (Å²) >= 11 is 0. The van der Waals surface area contributed by atoms with Crippen molar-refractivity contribution in [3.8, 4) is 0 Å². The van der Waals surface area contributed by atoms with E-state index >= 15 is 0 Å². The van der Waals surface area contributed by atoms with Crippen LogP contribution in [0.5, 0.6) is 0 Å². The molecule has 0 aliphatic carbocycles. The Labute approximate surface area is 406 Å². The smallest absolute Gasteiger partial charge is 0.245 e. The molecule has 11 atom stereocenters. The standard InChI is InChI=1S/C44H73N13O13/c1-22(2)34-42(68)49-20-27(19-47)18-33(62)51-28(11-14-45)39(65)57-35(23(3)59)43(69)48-16-13-30(53-41(67)32(21-58)55-44(70)36(24(4)60)50-25(5)61)38(64)52-29(12-15-46)37(63)54-31(40(66)56-34)17-26-9-7-6-8-10-26/h6-10,22-24,27-32,34-36,58-60H,11-21,45-47H2,1-5H3,(H,48,69)(H,49,68)(H,50,61)(H,51,62)(H,52,64)(H,53,67)(H,54,63)(H,55,70)(H,56,66)(H,57,65)/t23-,24-,27-,28+,29+,30+,31-,32-,34+,35+,36+/m1/s1. The van der Waals surface area contributed by atoms with E-state index in [1.165, 1.54) is 13.8 Å². The SMILES string of the molecule is CC(=O)N[C@H](C(=O)N[C@H](CO)C(=O)N[C@H]1CCNC(=O)[C@H]([C@@H](C)O)NC(=O)[C@H](CCN)NC(=O)C[C@H](CN)CNC(=O)[C@H](C(C)C)NC(=O)[C@@H](Cc2ccccc2)NC(=O)[C@H](CCN)NC1=O)[C@@H](C)O. The van der Waals surface area contributed by atoms with Gasteiger partial charge in [-0.3, -0.25) is 47.9 Å².